The minimum Gasteiger partial charge on any atom is -0.508 e. The van der Waals surface area contributed by atoms with Gasteiger partial charge in [-0.05, 0) is 50.0 Å². The van der Waals surface area contributed by atoms with E-state index >= 15 is 0 Å². The molecule has 2 aromatic rings. The van der Waals surface area contributed by atoms with E-state index in [0.29, 0.717) is 42.6 Å². The number of carboxylic acid groups (broad SMARTS) is 1. The third-order valence-electron chi connectivity index (χ3n) is 11.8. The topological polar surface area (TPSA) is 260 Å². The standard InChI is InChI=1S/C43H56N6O13S/c1-24-21-48(42(57)46-38(24)53)11-9-29(61-16-15-59-23-30(60-14-13-50)10-12-49-22-25(2)39(54)47-43(49)58)20-44-41(63)45-26-3-6-31(34(17-26)40(55)56)37-32-7-4-27(51)18-35(32)62-36-19-28(52)5-8-33(36)37/h3-4,6-7,18,22,24,26,29-30,33,36-37,50-51H,5,8-17,19-21,23H2,1-2H3,(H,55,56)(H2,44,45,63)(H,46,53,57)(H,47,54,58)/t24?,26?,29?,30-,33?,36?,37?/m0/s1. The Balaban J connectivity index is 1.05. The number of aromatic hydroxyl groups is 1. The highest BCUT2D eigenvalue weighted by Gasteiger charge is 2.44. The molecule has 3 amide bonds. The summed E-state index contributed by atoms with van der Waals surface area (Å²) in [6.07, 6.45) is 5.74. The molecule has 342 valence electrons. The van der Waals surface area contributed by atoms with Crippen LogP contribution < -0.4 is 31.9 Å². The van der Waals surface area contributed by atoms with Crippen LogP contribution in [0.25, 0.3) is 0 Å². The summed E-state index contributed by atoms with van der Waals surface area (Å²) in [4.78, 5) is 77.7. The van der Waals surface area contributed by atoms with Crippen LogP contribution in [-0.2, 0) is 35.1 Å². The molecule has 0 spiro atoms. The molecule has 0 bridgehead atoms. The molecule has 2 fully saturated rings. The first-order valence-electron chi connectivity index (χ1n) is 21.2. The number of allylic oxidation sites excluding steroid dienone is 2. The second-order valence-corrected chi connectivity index (χ2v) is 16.7. The van der Waals surface area contributed by atoms with Crippen molar-refractivity contribution in [2.45, 2.75) is 89.2 Å². The van der Waals surface area contributed by atoms with Gasteiger partial charge in [0.05, 0.1) is 57.2 Å². The first-order valence-corrected chi connectivity index (χ1v) is 21.6. The monoisotopic (exact) mass is 896 g/mol. The summed E-state index contributed by atoms with van der Waals surface area (Å²) in [6.45, 7) is 4.61. The van der Waals surface area contributed by atoms with Crippen molar-refractivity contribution in [2.75, 3.05) is 52.7 Å². The van der Waals surface area contributed by atoms with Gasteiger partial charge in [0.15, 0.2) is 5.11 Å². The molecule has 1 aromatic heterocycles. The molecule has 4 aliphatic rings. The summed E-state index contributed by atoms with van der Waals surface area (Å²) >= 11 is 5.66. The number of aryl methyl sites for hydroxylation is 2. The number of carbonyl (C=O) groups excluding carboxylic acids is 3. The number of carboxylic acids is 1. The number of nitrogens with zero attached hydrogens (tertiary/aromatic N) is 2. The quantitative estimate of drug-likeness (QED) is 0.0732. The maximum Gasteiger partial charge on any atom is 0.331 e. The van der Waals surface area contributed by atoms with Crippen LogP contribution in [0.1, 0.15) is 62.5 Å². The number of ketones is 1. The number of H-pyrrole nitrogens is 1. The fraction of sp³-hybridized carbons (Fsp3) is 0.558. The number of imide groups is 1. The second-order valence-electron chi connectivity index (χ2n) is 16.3. The van der Waals surface area contributed by atoms with Crippen molar-refractivity contribution in [3.8, 4) is 11.5 Å². The van der Waals surface area contributed by atoms with Crippen LogP contribution in [0.2, 0.25) is 0 Å². The van der Waals surface area contributed by atoms with Crippen molar-refractivity contribution in [1.29, 1.82) is 0 Å². The number of amides is 3. The lowest BCUT2D eigenvalue weighted by atomic mass is 9.67. The van der Waals surface area contributed by atoms with Crippen molar-refractivity contribution in [3.63, 3.8) is 0 Å². The summed E-state index contributed by atoms with van der Waals surface area (Å²) < 4.78 is 25.4. The Morgan fingerprint density at radius 3 is 2.62 bits per heavy atom. The number of thiocarbonyl (C=S) groups is 1. The largest absolute Gasteiger partial charge is 0.508 e. The Bertz CT molecular complexity index is 2210. The van der Waals surface area contributed by atoms with Crippen LogP contribution >= 0.6 is 12.2 Å². The zero-order chi connectivity index (χ0) is 45.2. The number of nitrogens with one attached hydrogen (secondary N) is 4. The number of aromatic nitrogens is 2. The number of aromatic amines is 1. The van der Waals surface area contributed by atoms with E-state index in [0.717, 1.165) is 5.56 Å². The lowest BCUT2D eigenvalue weighted by Gasteiger charge is -2.43. The fourth-order valence-corrected chi connectivity index (χ4v) is 8.70. The predicted octanol–water partition coefficient (Wildman–Crippen LogP) is 1.39. The average Bonchev–Trinajstić information content (AvgIpc) is 3.24. The molecule has 6 unspecified atom stereocenters. The normalized spacial score (nSPS) is 23.0. The molecular formula is C43H56N6O13S. The number of Topliss-reactive ketones (excluding diaryl/α,β-unsaturated/α-hetero) is 1. The number of phenols is 1. The zero-order valence-electron chi connectivity index (χ0n) is 35.3. The number of aliphatic hydroxyl groups excluding tert-OH is 1. The first kappa shape index (κ1) is 47.1. The summed E-state index contributed by atoms with van der Waals surface area (Å²) in [5, 5.41) is 39.0. The van der Waals surface area contributed by atoms with Gasteiger partial charge < -0.3 is 54.4 Å². The Morgan fingerprint density at radius 1 is 1.06 bits per heavy atom. The number of aliphatic carboxylic acids is 1. The van der Waals surface area contributed by atoms with Gasteiger partial charge in [-0.2, -0.15) is 0 Å². The molecule has 3 heterocycles. The highest BCUT2D eigenvalue weighted by atomic mass is 32.1. The number of fused-ring (bicyclic) bond motifs is 2. The summed E-state index contributed by atoms with van der Waals surface area (Å²) in [5.74, 6) is -1.75. The first-order chi connectivity index (χ1) is 30.2. The third kappa shape index (κ3) is 12.4. The smallest absolute Gasteiger partial charge is 0.331 e. The van der Waals surface area contributed by atoms with Gasteiger partial charge in [-0.15, -0.1) is 0 Å². The number of aliphatic hydroxyl groups is 1. The fourth-order valence-electron chi connectivity index (χ4n) is 8.46. The molecule has 0 radical (unpaired) electrons. The third-order valence-corrected chi connectivity index (χ3v) is 12.0. The Kier molecular flexibility index (Phi) is 16.3. The number of rotatable bonds is 20. The molecule has 20 heteroatoms. The van der Waals surface area contributed by atoms with Crippen molar-refractivity contribution in [1.82, 2.24) is 30.4 Å². The molecule has 2 aliphatic carbocycles. The van der Waals surface area contributed by atoms with Crippen molar-refractivity contribution < 1.29 is 53.4 Å². The summed E-state index contributed by atoms with van der Waals surface area (Å²) in [7, 11) is 0. The molecule has 6 rings (SSSR count). The van der Waals surface area contributed by atoms with Gasteiger partial charge in [0, 0.05) is 86.2 Å². The molecule has 1 saturated carbocycles. The van der Waals surface area contributed by atoms with Crippen LogP contribution in [-0.4, -0.2) is 136 Å². The molecule has 2 aliphatic heterocycles. The number of urea groups is 1. The number of ether oxygens (including phenoxy) is 4. The summed E-state index contributed by atoms with van der Waals surface area (Å²) in [5.41, 5.74) is 0.989. The second kappa shape index (κ2) is 21.8. The van der Waals surface area contributed by atoms with E-state index in [-0.39, 0.29) is 118 Å². The van der Waals surface area contributed by atoms with Gasteiger partial charge in [0.1, 0.15) is 23.4 Å². The molecule has 1 aromatic carbocycles. The van der Waals surface area contributed by atoms with Crippen LogP contribution in [0, 0.1) is 18.8 Å². The van der Waals surface area contributed by atoms with Crippen molar-refractivity contribution >= 4 is 41.0 Å². The number of benzene rings is 1. The maximum atomic E-state index is 12.8. The number of carbonyl (C=O) groups is 4. The van der Waals surface area contributed by atoms with Crippen LogP contribution in [0.15, 0.2) is 57.3 Å². The zero-order valence-corrected chi connectivity index (χ0v) is 36.2. The van der Waals surface area contributed by atoms with Gasteiger partial charge in [-0.25, -0.2) is 14.4 Å². The van der Waals surface area contributed by atoms with E-state index in [4.69, 9.17) is 31.2 Å². The maximum absolute atomic E-state index is 12.8. The SMILES string of the molecule is Cc1cn(CC[C@@H](COCCOC(CCN2CC(C)C(=O)NC2=O)CNC(=S)NC2C=CC(C3c4ccc(O)cc4OC4CC(=O)CCC43)=C(C(=O)O)C2)OCCO)c(=O)[nH]c1=O. The Labute approximate surface area is 368 Å². The minimum absolute atomic E-state index is 0.00952. The molecule has 19 nitrogen and oxygen atoms in total. The van der Waals surface area contributed by atoms with E-state index in [1.54, 1.807) is 37.0 Å². The Morgan fingerprint density at radius 2 is 1.84 bits per heavy atom. The molecular weight excluding hydrogens is 841 g/mol. The van der Waals surface area contributed by atoms with E-state index in [2.05, 4.69) is 20.9 Å². The lowest BCUT2D eigenvalue weighted by molar-refractivity contribution is -0.133. The minimum atomic E-state index is -1.07. The highest BCUT2D eigenvalue weighted by molar-refractivity contribution is 7.80. The number of hydrogen-bond acceptors (Lipinski definition) is 13. The van der Waals surface area contributed by atoms with Crippen molar-refractivity contribution in [3.05, 3.63) is 79.7 Å². The van der Waals surface area contributed by atoms with E-state index < -0.39 is 47.6 Å². The van der Waals surface area contributed by atoms with Gasteiger partial charge in [-0.3, -0.25) is 24.7 Å². The predicted molar refractivity (Wildman–Crippen MR) is 231 cm³/mol. The van der Waals surface area contributed by atoms with E-state index in [9.17, 15) is 44.1 Å². The summed E-state index contributed by atoms with van der Waals surface area (Å²) in [6, 6.07) is 3.85. The van der Waals surface area contributed by atoms with Crippen molar-refractivity contribution in [2.24, 2.45) is 11.8 Å². The van der Waals surface area contributed by atoms with Crippen LogP contribution in [0.5, 0.6) is 11.5 Å². The average molecular weight is 897 g/mol. The van der Waals surface area contributed by atoms with Crippen LogP contribution in [0.3, 0.4) is 0 Å². The van der Waals surface area contributed by atoms with Gasteiger partial charge in [0.25, 0.3) is 5.56 Å². The van der Waals surface area contributed by atoms with Crippen LogP contribution in [0.4, 0.5) is 4.79 Å². The lowest BCUT2D eigenvalue weighted by Crippen LogP contribution is -2.54. The number of hydrogen-bond donors (Lipinski definition) is 7. The van der Waals surface area contributed by atoms with E-state index in [1.807, 2.05) is 6.08 Å². The number of phenolic OH excluding ortho intramolecular Hbond substituents is 1. The molecule has 7 atom stereocenters. The van der Waals surface area contributed by atoms with Gasteiger partial charge >= 0.3 is 17.7 Å². The van der Waals surface area contributed by atoms with E-state index in [1.165, 1.54) is 16.8 Å². The van der Waals surface area contributed by atoms with Gasteiger partial charge in [-0.1, -0.05) is 25.1 Å². The van der Waals surface area contributed by atoms with Gasteiger partial charge in [0.2, 0.25) is 5.91 Å². The highest BCUT2D eigenvalue weighted by Crippen LogP contribution is 2.51. The molecule has 63 heavy (non-hydrogen) atoms. The Hall–Kier alpha value is -5.41. The molecule has 7 N–H and O–H groups in total. The molecule has 1 saturated heterocycles.